The lowest BCUT2D eigenvalue weighted by molar-refractivity contribution is 0.0701. The number of carbonyl (C=O) groups is 1. The van der Waals surface area contributed by atoms with Gasteiger partial charge in [-0.3, -0.25) is 0 Å². The fraction of sp³-hybridized carbons (Fsp3) is 0.261. The predicted molar refractivity (Wildman–Crippen MR) is 123 cm³/mol. The van der Waals surface area contributed by atoms with Gasteiger partial charge in [0.15, 0.2) is 11.0 Å². The van der Waals surface area contributed by atoms with Crippen molar-refractivity contribution < 1.29 is 14.3 Å². The molecule has 0 saturated heterocycles. The van der Waals surface area contributed by atoms with Crippen molar-refractivity contribution in [2.75, 3.05) is 0 Å². The molecule has 0 bridgehead atoms. The Morgan fingerprint density at radius 3 is 2.52 bits per heavy atom. The number of nitrogens with zero attached hydrogens (tertiary/aromatic N) is 3. The number of hydrogen-bond acceptors (Lipinski definition) is 5. The van der Waals surface area contributed by atoms with Crippen LogP contribution in [0.15, 0.2) is 47.6 Å². The highest BCUT2D eigenvalue weighted by molar-refractivity contribution is 7.98. The molecule has 0 fully saturated rings. The smallest absolute Gasteiger partial charge is 0.346 e. The molecule has 8 heteroatoms. The highest BCUT2D eigenvalue weighted by Crippen LogP contribution is 2.37. The van der Waals surface area contributed by atoms with Gasteiger partial charge >= 0.3 is 5.97 Å². The van der Waals surface area contributed by atoms with Gasteiger partial charge in [-0.15, -0.1) is 21.5 Å². The second kappa shape index (κ2) is 8.09. The Labute approximate surface area is 187 Å². The number of aromatic carboxylic acids is 1. The number of carboxylic acids is 1. The normalized spacial score (nSPS) is 11.9. The summed E-state index contributed by atoms with van der Waals surface area (Å²) in [6.45, 7) is 6.50. The van der Waals surface area contributed by atoms with E-state index in [4.69, 9.17) is 0 Å². The minimum atomic E-state index is -1.05. The molecule has 0 aliphatic rings. The third kappa shape index (κ3) is 4.09. The van der Waals surface area contributed by atoms with Crippen molar-refractivity contribution in [3.05, 3.63) is 64.3 Å². The van der Waals surface area contributed by atoms with Crippen LogP contribution >= 0.6 is 23.1 Å². The molecule has 2 heterocycles. The van der Waals surface area contributed by atoms with Gasteiger partial charge in [0.1, 0.15) is 10.7 Å². The van der Waals surface area contributed by atoms with Gasteiger partial charge in [0.05, 0.1) is 0 Å². The summed E-state index contributed by atoms with van der Waals surface area (Å²) in [5, 5.41) is 19.2. The van der Waals surface area contributed by atoms with Gasteiger partial charge in [0, 0.05) is 28.5 Å². The number of carboxylic acid groups (broad SMARTS) is 1. The third-order valence-corrected chi connectivity index (χ3v) is 7.38. The highest BCUT2D eigenvalue weighted by atomic mass is 32.2. The third-order valence-electron chi connectivity index (χ3n) is 5.15. The molecule has 0 radical (unpaired) electrons. The van der Waals surface area contributed by atoms with Crippen molar-refractivity contribution in [3.63, 3.8) is 0 Å². The van der Waals surface area contributed by atoms with Crippen LogP contribution < -0.4 is 0 Å². The van der Waals surface area contributed by atoms with E-state index in [1.54, 1.807) is 12.1 Å². The zero-order chi connectivity index (χ0) is 22.3. The van der Waals surface area contributed by atoms with Crippen LogP contribution in [0.4, 0.5) is 4.39 Å². The number of thioether (sulfide) groups is 1. The summed E-state index contributed by atoms with van der Waals surface area (Å²) in [4.78, 5) is 11.9. The second-order valence-electron chi connectivity index (χ2n) is 8.31. The van der Waals surface area contributed by atoms with E-state index in [2.05, 4.69) is 43.1 Å². The van der Waals surface area contributed by atoms with Crippen LogP contribution in [0.2, 0.25) is 0 Å². The number of rotatable bonds is 5. The Bertz CT molecular complexity index is 1270. The molecule has 4 aromatic rings. The van der Waals surface area contributed by atoms with Crippen LogP contribution in [0.5, 0.6) is 0 Å². The number of hydrogen-bond donors (Lipinski definition) is 1. The second-order valence-corrected chi connectivity index (χ2v) is 10.3. The predicted octanol–water partition coefficient (Wildman–Crippen LogP) is 6.12. The molecular weight excluding hydrogens is 433 g/mol. The lowest BCUT2D eigenvalue weighted by Gasteiger charge is -2.19. The molecule has 0 aliphatic heterocycles. The first-order valence-corrected chi connectivity index (χ1v) is 11.5. The van der Waals surface area contributed by atoms with E-state index in [1.165, 1.54) is 23.4 Å². The average Bonchev–Trinajstić information content (AvgIpc) is 3.27. The maximum absolute atomic E-state index is 14.4. The maximum atomic E-state index is 14.4. The molecule has 0 amide bonds. The van der Waals surface area contributed by atoms with E-state index in [1.807, 2.05) is 23.7 Å². The van der Waals surface area contributed by atoms with Gasteiger partial charge in [0.2, 0.25) is 0 Å². The van der Waals surface area contributed by atoms with Gasteiger partial charge in [-0.05, 0) is 28.7 Å². The van der Waals surface area contributed by atoms with Crippen LogP contribution in [-0.4, -0.2) is 25.8 Å². The highest BCUT2D eigenvalue weighted by Gasteiger charge is 2.22. The number of aromatic nitrogens is 3. The van der Waals surface area contributed by atoms with Crippen LogP contribution in [0, 0.1) is 5.82 Å². The Morgan fingerprint density at radius 2 is 1.87 bits per heavy atom. The van der Waals surface area contributed by atoms with Crippen molar-refractivity contribution in [1.29, 1.82) is 0 Å². The lowest BCUT2D eigenvalue weighted by Crippen LogP contribution is -2.10. The SMILES string of the molecule is Cn1c(SCc2c(C(=O)O)sc3cccc(F)c23)nnc1-c1ccc(C(C)(C)C)cc1. The Hall–Kier alpha value is -2.71. The van der Waals surface area contributed by atoms with Crippen molar-refractivity contribution >= 4 is 39.2 Å². The summed E-state index contributed by atoms with van der Waals surface area (Å²) >= 11 is 2.44. The molecular formula is C23H22FN3O2S2. The molecule has 0 spiro atoms. The average molecular weight is 456 g/mol. The van der Waals surface area contributed by atoms with Gasteiger partial charge in [-0.2, -0.15) is 0 Å². The standard InChI is InChI=1S/C23H22FN3O2S2/c1-23(2,3)14-10-8-13(9-11-14)20-25-26-22(27(20)4)30-12-15-18-16(24)6-5-7-17(18)31-19(15)21(28)29/h5-11H,12H2,1-4H3,(H,28,29). The van der Waals surface area contributed by atoms with Gasteiger partial charge in [0.25, 0.3) is 0 Å². The molecule has 0 atom stereocenters. The molecule has 31 heavy (non-hydrogen) atoms. The zero-order valence-corrected chi connectivity index (χ0v) is 19.3. The zero-order valence-electron chi connectivity index (χ0n) is 17.6. The van der Waals surface area contributed by atoms with E-state index < -0.39 is 11.8 Å². The largest absolute Gasteiger partial charge is 0.477 e. The summed E-state index contributed by atoms with van der Waals surface area (Å²) in [5.74, 6) is -0.441. The van der Waals surface area contributed by atoms with E-state index in [9.17, 15) is 14.3 Å². The van der Waals surface area contributed by atoms with Crippen molar-refractivity contribution in [1.82, 2.24) is 14.8 Å². The van der Waals surface area contributed by atoms with Crippen molar-refractivity contribution in [2.24, 2.45) is 7.05 Å². The van der Waals surface area contributed by atoms with E-state index in [-0.39, 0.29) is 16.0 Å². The maximum Gasteiger partial charge on any atom is 0.346 e. The monoisotopic (exact) mass is 455 g/mol. The van der Waals surface area contributed by atoms with Crippen LogP contribution in [0.1, 0.15) is 41.6 Å². The first-order chi connectivity index (χ1) is 14.7. The van der Waals surface area contributed by atoms with Crippen molar-refractivity contribution in [3.8, 4) is 11.4 Å². The molecule has 1 N–H and O–H groups in total. The van der Waals surface area contributed by atoms with Crippen LogP contribution in [0.3, 0.4) is 0 Å². The molecule has 0 unspecified atom stereocenters. The number of thiophene rings is 1. The summed E-state index contributed by atoms with van der Waals surface area (Å²) in [6, 6.07) is 12.9. The minimum Gasteiger partial charge on any atom is -0.477 e. The lowest BCUT2D eigenvalue weighted by atomic mass is 9.87. The van der Waals surface area contributed by atoms with E-state index >= 15 is 0 Å². The summed E-state index contributed by atoms with van der Waals surface area (Å²) in [7, 11) is 1.87. The number of halogens is 1. The quantitative estimate of drug-likeness (QED) is 0.367. The molecule has 4 rings (SSSR count). The summed E-state index contributed by atoms with van der Waals surface area (Å²) < 4.78 is 16.9. The molecule has 2 aromatic heterocycles. The first kappa shape index (κ1) is 21.5. The Morgan fingerprint density at radius 1 is 1.16 bits per heavy atom. The molecule has 2 aromatic carbocycles. The Balaban J connectivity index is 1.62. The minimum absolute atomic E-state index is 0.0693. The molecule has 5 nitrogen and oxygen atoms in total. The summed E-state index contributed by atoms with van der Waals surface area (Å²) in [5.41, 5.74) is 2.74. The van der Waals surface area contributed by atoms with Crippen LogP contribution in [-0.2, 0) is 18.2 Å². The summed E-state index contributed by atoms with van der Waals surface area (Å²) in [6.07, 6.45) is 0. The number of benzene rings is 2. The van der Waals surface area contributed by atoms with Gasteiger partial charge in [-0.1, -0.05) is 62.9 Å². The first-order valence-electron chi connectivity index (χ1n) is 9.73. The van der Waals surface area contributed by atoms with Crippen molar-refractivity contribution in [2.45, 2.75) is 37.1 Å². The Kier molecular flexibility index (Phi) is 5.61. The van der Waals surface area contributed by atoms with Crippen LogP contribution in [0.25, 0.3) is 21.5 Å². The fourth-order valence-corrected chi connectivity index (χ4v) is 5.53. The fourth-order valence-electron chi connectivity index (χ4n) is 3.43. The van der Waals surface area contributed by atoms with E-state index in [0.29, 0.717) is 20.8 Å². The topological polar surface area (TPSA) is 68.0 Å². The molecule has 160 valence electrons. The molecule has 0 saturated carbocycles. The van der Waals surface area contributed by atoms with Gasteiger partial charge in [-0.25, -0.2) is 9.18 Å². The number of fused-ring (bicyclic) bond motifs is 1. The van der Waals surface area contributed by atoms with E-state index in [0.717, 1.165) is 22.7 Å². The van der Waals surface area contributed by atoms with Gasteiger partial charge < -0.3 is 9.67 Å². The molecule has 0 aliphatic carbocycles.